The number of H-pyrrole nitrogens is 3. The van der Waals surface area contributed by atoms with Crippen LogP contribution < -0.4 is 21.6 Å². The second-order valence-corrected chi connectivity index (χ2v) is 15.4. The Morgan fingerprint density at radius 1 is 0.942 bits per heavy atom. The Morgan fingerprint density at radius 2 is 1.63 bits per heavy atom. The average molecular weight is 708 g/mol. The summed E-state index contributed by atoms with van der Waals surface area (Å²) >= 11 is 0. The highest BCUT2D eigenvalue weighted by Crippen LogP contribution is 2.34. The number of primary amides is 1. The number of nitrogens with one attached hydrogen (secondary N) is 4. The van der Waals surface area contributed by atoms with E-state index < -0.39 is 23.6 Å². The molecule has 2 heterocycles. The van der Waals surface area contributed by atoms with Crippen molar-refractivity contribution in [2.24, 2.45) is 17.6 Å². The fourth-order valence-corrected chi connectivity index (χ4v) is 7.12. The fraction of sp³-hybridized carbons (Fsp3) is 0.425. The van der Waals surface area contributed by atoms with E-state index in [9.17, 15) is 19.2 Å². The number of benzene rings is 3. The van der Waals surface area contributed by atoms with E-state index in [0.29, 0.717) is 36.1 Å². The molecule has 1 aliphatic carbocycles. The van der Waals surface area contributed by atoms with Crippen LogP contribution >= 0.6 is 0 Å². The number of nitrogens with two attached hydrogens (primary N) is 1. The predicted octanol–water partition coefficient (Wildman–Crippen LogP) is 6.59. The van der Waals surface area contributed by atoms with Crippen LogP contribution in [-0.4, -0.2) is 56.0 Å². The van der Waals surface area contributed by atoms with Crippen LogP contribution in [0.15, 0.2) is 59.4 Å². The number of hydrogen-bond donors (Lipinski definition) is 5. The van der Waals surface area contributed by atoms with Crippen molar-refractivity contribution in [1.29, 1.82) is 0 Å². The van der Waals surface area contributed by atoms with Gasteiger partial charge in [-0.1, -0.05) is 38.1 Å². The molecule has 6 rings (SSSR count). The van der Waals surface area contributed by atoms with Gasteiger partial charge in [0.25, 0.3) is 0 Å². The number of amides is 3. The van der Waals surface area contributed by atoms with Gasteiger partial charge >= 0.3 is 11.8 Å². The topological polar surface area (TPSA) is 179 Å². The van der Waals surface area contributed by atoms with E-state index in [1.165, 1.54) is 4.90 Å². The Labute approximate surface area is 302 Å². The largest absolute Gasteiger partial charge is 0.444 e. The van der Waals surface area contributed by atoms with Crippen molar-refractivity contribution in [3.63, 3.8) is 0 Å². The van der Waals surface area contributed by atoms with Crippen LogP contribution in [0.3, 0.4) is 0 Å². The first kappa shape index (κ1) is 36.4. The lowest BCUT2D eigenvalue weighted by Gasteiger charge is -2.36. The Morgan fingerprint density at radius 3 is 2.29 bits per heavy atom. The number of nitrogens with zero attached hydrogens (tertiary/aromatic N) is 2. The summed E-state index contributed by atoms with van der Waals surface area (Å²) in [4.78, 5) is 67.3. The van der Waals surface area contributed by atoms with Crippen LogP contribution in [0, 0.1) is 18.8 Å². The first-order valence-corrected chi connectivity index (χ1v) is 18.1. The number of ether oxygens (including phenoxy) is 1. The number of rotatable bonds is 10. The highest BCUT2D eigenvalue weighted by Gasteiger charge is 2.36. The van der Waals surface area contributed by atoms with Gasteiger partial charge in [0.2, 0.25) is 11.8 Å². The molecule has 0 spiro atoms. The number of carbonyl (C=O) groups excluding carboxylic acids is 3. The van der Waals surface area contributed by atoms with E-state index in [1.54, 1.807) is 18.2 Å². The molecule has 0 aliphatic heterocycles. The van der Waals surface area contributed by atoms with Gasteiger partial charge in [0.05, 0.1) is 22.1 Å². The summed E-state index contributed by atoms with van der Waals surface area (Å²) in [6.07, 6.45) is 2.40. The number of aromatic amines is 3. The van der Waals surface area contributed by atoms with Gasteiger partial charge in [0, 0.05) is 30.5 Å². The van der Waals surface area contributed by atoms with Crippen molar-refractivity contribution in [2.75, 3.05) is 11.4 Å². The molecule has 0 bridgehead atoms. The van der Waals surface area contributed by atoms with Crippen molar-refractivity contribution in [1.82, 2.24) is 25.3 Å². The minimum absolute atomic E-state index is 0.195. The fourth-order valence-electron chi connectivity index (χ4n) is 7.12. The molecule has 12 nitrogen and oxygen atoms in total. The molecule has 1 atom stereocenters. The van der Waals surface area contributed by atoms with Crippen molar-refractivity contribution in [3.8, 4) is 11.1 Å². The number of fused-ring (bicyclic) bond motifs is 2. The minimum Gasteiger partial charge on any atom is -0.444 e. The summed E-state index contributed by atoms with van der Waals surface area (Å²) in [5, 5.41) is 2.86. The van der Waals surface area contributed by atoms with Crippen molar-refractivity contribution >= 4 is 45.7 Å². The zero-order valence-electron chi connectivity index (χ0n) is 30.8. The van der Waals surface area contributed by atoms with E-state index >= 15 is 0 Å². The maximum Gasteiger partial charge on any atom is 0.407 e. The van der Waals surface area contributed by atoms with E-state index in [0.717, 1.165) is 52.0 Å². The summed E-state index contributed by atoms with van der Waals surface area (Å²) < 4.78 is 5.37. The molecule has 5 aromatic rings. The monoisotopic (exact) mass is 707 g/mol. The molecule has 0 radical (unpaired) electrons. The lowest BCUT2D eigenvalue weighted by molar-refractivity contribution is -0.127. The van der Waals surface area contributed by atoms with E-state index in [4.69, 9.17) is 15.5 Å². The number of alkyl carbamates (subject to hydrolysis) is 1. The SMILES string of the molecule is Cc1cc2[nH]c(C(C)C)nc2cc1-c1ccc(C[C@@H](C(N)=O)N(C(=O)C2CCC(CNC(=O)OC(C)(C)C)CC2)c2ccc3[nH]c(=O)[nH]c3c2)cc1. The van der Waals surface area contributed by atoms with Crippen molar-refractivity contribution < 1.29 is 19.1 Å². The maximum atomic E-state index is 14.5. The highest BCUT2D eigenvalue weighted by molar-refractivity contribution is 6.02. The first-order chi connectivity index (χ1) is 24.6. The van der Waals surface area contributed by atoms with Gasteiger partial charge in [0.1, 0.15) is 17.5 Å². The maximum absolute atomic E-state index is 14.5. The van der Waals surface area contributed by atoms with Crippen molar-refractivity contribution in [2.45, 2.75) is 91.2 Å². The van der Waals surface area contributed by atoms with Crippen LogP contribution in [0.25, 0.3) is 33.2 Å². The third kappa shape index (κ3) is 8.22. The van der Waals surface area contributed by atoms with Gasteiger partial charge in [-0.25, -0.2) is 14.6 Å². The Kier molecular flexibility index (Phi) is 10.3. The second kappa shape index (κ2) is 14.7. The van der Waals surface area contributed by atoms with Gasteiger partial charge < -0.3 is 30.7 Å². The highest BCUT2D eigenvalue weighted by atomic mass is 16.6. The number of carbonyl (C=O) groups is 3. The van der Waals surface area contributed by atoms with Gasteiger partial charge in [-0.3, -0.25) is 14.5 Å². The molecule has 2 aromatic heterocycles. The van der Waals surface area contributed by atoms with Crippen molar-refractivity contribution in [3.05, 3.63) is 82.0 Å². The lowest BCUT2D eigenvalue weighted by Crippen LogP contribution is -2.52. The molecule has 1 saturated carbocycles. The van der Waals surface area contributed by atoms with Gasteiger partial charge in [-0.15, -0.1) is 0 Å². The number of imidazole rings is 2. The zero-order chi connectivity index (χ0) is 37.3. The van der Waals surface area contributed by atoms with E-state index in [2.05, 4.69) is 53.2 Å². The molecule has 1 fully saturated rings. The molecule has 274 valence electrons. The Hall–Kier alpha value is -5.39. The Balaban J connectivity index is 1.23. The van der Waals surface area contributed by atoms with Gasteiger partial charge in [0.15, 0.2) is 0 Å². The summed E-state index contributed by atoms with van der Waals surface area (Å²) in [7, 11) is 0. The number of aromatic nitrogens is 4. The summed E-state index contributed by atoms with van der Waals surface area (Å²) in [6, 6.07) is 16.4. The molecule has 0 unspecified atom stereocenters. The average Bonchev–Trinajstić information content (AvgIpc) is 3.68. The third-order valence-electron chi connectivity index (χ3n) is 9.87. The smallest absolute Gasteiger partial charge is 0.407 e. The van der Waals surface area contributed by atoms with Crippen LogP contribution in [0.4, 0.5) is 10.5 Å². The summed E-state index contributed by atoms with van der Waals surface area (Å²) in [5.74, 6) is 0.265. The minimum atomic E-state index is -0.982. The summed E-state index contributed by atoms with van der Waals surface area (Å²) in [6.45, 7) is 12.2. The molecular formula is C40H49N7O5. The number of hydrogen-bond acceptors (Lipinski definition) is 6. The van der Waals surface area contributed by atoms with E-state index in [-0.39, 0.29) is 35.8 Å². The lowest BCUT2D eigenvalue weighted by atomic mass is 9.81. The molecule has 1 aliphatic rings. The molecule has 0 saturated heterocycles. The zero-order valence-corrected chi connectivity index (χ0v) is 30.8. The molecule has 3 aromatic carbocycles. The third-order valence-corrected chi connectivity index (χ3v) is 9.87. The van der Waals surface area contributed by atoms with Crippen LogP contribution in [0.1, 0.15) is 83.2 Å². The molecule has 12 heteroatoms. The van der Waals surface area contributed by atoms with E-state index in [1.807, 2.05) is 45.0 Å². The van der Waals surface area contributed by atoms with Gasteiger partial charge in [-0.05, 0) is 112 Å². The molecule has 6 N–H and O–H groups in total. The first-order valence-electron chi connectivity index (χ1n) is 18.1. The quantitative estimate of drug-likeness (QED) is 0.109. The second-order valence-electron chi connectivity index (χ2n) is 15.4. The summed E-state index contributed by atoms with van der Waals surface area (Å²) in [5.41, 5.74) is 12.7. The van der Waals surface area contributed by atoms with Crippen LogP contribution in [0.2, 0.25) is 0 Å². The normalized spacial score (nSPS) is 17.0. The van der Waals surface area contributed by atoms with Crippen LogP contribution in [0.5, 0.6) is 0 Å². The van der Waals surface area contributed by atoms with Gasteiger partial charge in [-0.2, -0.15) is 0 Å². The molecule has 3 amide bonds. The standard InChI is InChI=1S/C40H49N7O5/c1-22(2)36-43-31-17-23(3)29(20-33(31)44-36)26-11-7-24(8-12-26)18-34(35(41)48)47(28-15-16-30-32(19-28)46-38(50)45-30)37(49)27-13-9-25(10-14-27)21-42-39(51)52-40(4,5)6/h7-8,11-12,15-17,19-20,22,25,27,34H,9-10,13-14,18,21H2,1-6H3,(H2,41,48)(H,42,51)(H,43,44)(H2,45,46,50)/t25?,27?,34-/m0/s1. The number of anilines is 1. The Bertz CT molecular complexity index is 2150. The number of aryl methyl sites for hydroxylation is 1. The molecular weight excluding hydrogens is 658 g/mol. The van der Waals surface area contributed by atoms with Crippen LogP contribution in [-0.2, 0) is 20.7 Å². The molecule has 52 heavy (non-hydrogen) atoms. The predicted molar refractivity (Wildman–Crippen MR) is 203 cm³/mol.